The van der Waals surface area contributed by atoms with Crippen molar-refractivity contribution in [3.63, 3.8) is 0 Å². The maximum atomic E-state index is 11.9. The van der Waals surface area contributed by atoms with E-state index in [0.717, 1.165) is 32.4 Å². The Morgan fingerprint density at radius 2 is 1.90 bits per heavy atom. The third kappa shape index (κ3) is 7.99. The van der Waals surface area contributed by atoms with Gasteiger partial charge >= 0.3 is 0 Å². The molecule has 0 bridgehead atoms. The summed E-state index contributed by atoms with van der Waals surface area (Å²) in [6.07, 6.45) is 4.74. The van der Waals surface area contributed by atoms with Crippen LogP contribution in [0.2, 0.25) is 0 Å². The molecule has 8 heteroatoms. The zero-order valence-electron chi connectivity index (χ0n) is 12.7. The summed E-state index contributed by atoms with van der Waals surface area (Å²) in [5.41, 5.74) is 5.86. The van der Waals surface area contributed by atoms with E-state index in [1.54, 1.807) is 4.90 Å². The summed E-state index contributed by atoms with van der Waals surface area (Å²) in [6, 6.07) is -0.506. The number of unbranched alkanes of at least 4 members (excludes halogenated alkanes) is 1. The molecule has 0 aromatic carbocycles. The first-order valence-corrected chi connectivity index (χ1v) is 9.13. The Hall–Kier alpha value is -0.370. The molecule has 1 saturated heterocycles. The largest absolute Gasteiger partial charge is 0.341 e. The third-order valence-electron chi connectivity index (χ3n) is 3.52. The van der Waals surface area contributed by atoms with Crippen molar-refractivity contribution in [2.45, 2.75) is 51.5 Å². The highest BCUT2D eigenvalue weighted by atomic mass is 35.5. The van der Waals surface area contributed by atoms with Crippen molar-refractivity contribution < 1.29 is 13.2 Å². The number of sulfonamides is 1. The fourth-order valence-electron chi connectivity index (χ4n) is 2.25. The Balaban J connectivity index is 0.00000400. The molecule has 1 atom stereocenters. The number of likely N-dealkylation sites (tertiary alicyclic amines) is 1. The number of rotatable bonds is 9. The summed E-state index contributed by atoms with van der Waals surface area (Å²) >= 11 is 0. The van der Waals surface area contributed by atoms with Gasteiger partial charge in [0.15, 0.2) is 0 Å². The SMILES string of the molecule is CCCCS(=O)(=O)NCCC[C@H](N)C(=O)N1CCCC1.Cl. The summed E-state index contributed by atoms with van der Waals surface area (Å²) in [7, 11) is -3.16. The minimum atomic E-state index is -3.16. The van der Waals surface area contributed by atoms with E-state index >= 15 is 0 Å². The monoisotopic (exact) mass is 341 g/mol. The van der Waals surface area contributed by atoms with Gasteiger partial charge in [-0.3, -0.25) is 4.79 Å². The van der Waals surface area contributed by atoms with Gasteiger partial charge in [-0.25, -0.2) is 13.1 Å². The number of amides is 1. The number of carbonyl (C=O) groups is 1. The van der Waals surface area contributed by atoms with Gasteiger partial charge in [0.25, 0.3) is 0 Å². The van der Waals surface area contributed by atoms with Gasteiger partial charge in [0.05, 0.1) is 11.8 Å². The molecule has 21 heavy (non-hydrogen) atoms. The van der Waals surface area contributed by atoms with Crippen LogP contribution in [-0.2, 0) is 14.8 Å². The van der Waals surface area contributed by atoms with E-state index in [1.807, 2.05) is 6.92 Å². The van der Waals surface area contributed by atoms with E-state index in [4.69, 9.17) is 5.73 Å². The van der Waals surface area contributed by atoms with Crippen LogP contribution in [0.3, 0.4) is 0 Å². The molecular formula is C13H28ClN3O3S. The number of halogens is 1. The quantitative estimate of drug-likeness (QED) is 0.608. The van der Waals surface area contributed by atoms with Crippen LogP contribution < -0.4 is 10.5 Å². The Morgan fingerprint density at radius 3 is 2.48 bits per heavy atom. The van der Waals surface area contributed by atoms with Gasteiger partial charge in [-0.15, -0.1) is 12.4 Å². The van der Waals surface area contributed by atoms with Gasteiger partial charge in [-0.05, 0) is 32.1 Å². The van der Waals surface area contributed by atoms with Gasteiger partial charge in [0, 0.05) is 19.6 Å². The smallest absolute Gasteiger partial charge is 0.239 e. The standard InChI is InChI=1S/C13H27N3O3S.ClH/c1-2-3-11-20(18,19)15-8-6-7-12(14)13(17)16-9-4-5-10-16;/h12,15H,2-11,14H2,1H3;1H/t12-;/m0./s1. The normalized spacial score (nSPS) is 16.6. The fourth-order valence-corrected chi connectivity index (χ4v) is 3.52. The third-order valence-corrected chi connectivity index (χ3v) is 4.99. The van der Waals surface area contributed by atoms with E-state index in [1.165, 1.54) is 0 Å². The zero-order chi connectivity index (χ0) is 15.0. The Kier molecular flexibility index (Phi) is 10.2. The van der Waals surface area contributed by atoms with Crippen molar-refractivity contribution >= 4 is 28.3 Å². The minimum absolute atomic E-state index is 0. The Bertz CT molecular complexity index is 397. The summed E-state index contributed by atoms with van der Waals surface area (Å²) in [5.74, 6) is 0.166. The van der Waals surface area contributed by atoms with Crippen LogP contribution in [-0.4, -0.2) is 50.7 Å². The molecule has 1 aliphatic heterocycles. The van der Waals surface area contributed by atoms with E-state index in [-0.39, 0.29) is 24.1 Å². The maximum absolute atomic E-state index is 11.9. The topological polar surface area (TPSA) is 92.5 Å². The van der Waals surface area contributed by atoms with Gasteiger partial charge in [0.2, 0.25) is 15.9 Å². The van der Waals surface area contributed by atoms with Crippen molar-refractivity contribution in [1.29, 1.82) is 0 Å². The molecule has 6 nitrogen and oxygen atoms in total. The molecule has 1 rings (SSSR count). The highest BCUT2D eigenvalue weighted by Crippen LogP contribution is 2.10. The van der Waals surface area contributed by atoms with Crippen molar-refractivity contribution in [2.24, 2.45) is 5.73 Å². The first-order valence-electron chi connectivity index (χ1n) is 7.48. The molecular weight excluding hydrogens is 314 g/mol. The first-order chi connectivity index (χ1) is 9.46. The van der Waals surface area contributed by atoms with Crippen LogP contribution in [0.1, 0.15) is 45.4 Å². The molecule has 0 aliphatic carbocycles. The molecule has 0 unspecified atom stereocenters. The Labute approximate surface area is 134 Å². The average Bonchev–Trinajstić information content (AvgIpc) is 2.94. The van der Waals surface area contributed by atoms with Crippen LogP contribution >= 0.6 is 12.4 Å². The molecule has 3 N–H and O–H groups in total. The lowest BCUT2D eigenvalue weighted by atomic mass is 10.1. The van der Waals surface area contributed by atoms with Gasteiger partial charge in [0.1, 0.15) is 0 Å². The first kappa shape index (κ1) is 20.6. The minimum Gasteiger partial charge on any atom is -0.341 e. The van der Waals surface area contributed by atoms with E-state index in [9.17, 15) is 13.2 Å². The summed E-state index contributed by atoms with van der Waals surface area (Å²) in [5, 5.41) is 0. The lowest BCUT2D eigenvalue weighted by Gasteiger charge is -2.20. The molecule has 0 spiro atoms. The molecule has 126 valence electrons. The average molecular weight is 342 g/mol. The van der Waals surface area contributed by atoms with E-state index in [2.05, 4.69) is 4.72 Å². The van der Waals surface area contributed by atoms with Crippen LogP contribution in [0.5, 0.6) is 0 Å². The number of nitrogens with one attached hydrogen (secondary N) is 1. The highest BCUT2D eigenvalue weighted by Gasteiger charge is 2.23. The van der Waals surface area contributed by atoms with Gasteiger partial charge in [-0.2, -0.15) is 0 Å². The van der Waals surface area contributed by atoms with Crippen LogP contribution in [0.4, 0.5) is 0 Å². The van der Waals surface area contributed by atoms with E-state index < -0.39 is 16.1 Å². The summed E-state index contributed by atoms with van der Waals surface area (Å²) in [6.45, 7) is 3.91. The van der Waals surface area contributed by atoms with Gasteiger partial charge < -0.3 is 10.6 Å². The predicted octanol–water partition coefficient (Wildman–Crippen LogP) is 0.858. The number of hydrogen-bond acceptors (Lipinski definition) is 4. The fraction of sp³-hybridized carbons (Fsp3) is 0.923. The number of nitrogens with two attached hydrogens (primary N) is 1. The lowest BCUT2D eigenvalue weighted by molar-refractivity contribution is -0.131. The summed E-state index contributed by atoms with van der Waals surface area (Å²) in [4.78, 5) is 13.7. The van der Waals surface area contributed by atoms with Crippen molar-refractivity contribution in [3.05, 3.63) is 0 Å². The molecule has 1 aliphatic rings. The highest BCUT2D eigenvalue weighted by molar-refractivity contribution is 7.89. The zero-order valence-corrected chi connectivity index (χ0v) is 14.3. The summed E-state index contributed by atoms with van der Waals surface area (Å²) < 4.78 is 25.7. The second-order valence-electron chi connectivity index (χ2n) is 5.35. The molecule has 0 aromatic heterocycles. The Morgan fingerprint density at radius 1 is 1.29 bits per heavy atom. The number of carbonyl (C=O) groups excluding carboxylic acids is 1. The molecule has 1 heterocycles. The molecule has 0 radical (unpaired) electrons. The number of hydrogen-bond donors (Lipinski definition) is 2. The van der Waals surface area contributed by atoms with Crippen LogP contribution in [0.25, 0.3) is 0 Å². The van der Waals surface area contributed by atoms with Gasteiger partial charge in [-0.1, -0.05) is 13.3 Å². The predicted molar refractivity (Wildman–Crippen MR) is 87.0 cm³/mol. The maximum Gasteiger partial charge on any atom is 0.239 e. The van der Waals surface area contributed by atoms with Crippen molar-refractivity contribution in [2.75, 3.05) is 25.4 Å². The molecule has 0 saturated carbocycles. The van der Waals surface area contributed by atoms with Crippen molar-refractivity contribution in [1.82, 2.24) is 9.62 Å². The lowest BCUT2D eigenvalue weighted by Crippen LogP contribution is -2.42. The number of nitrogens with zero attached hydrogens (tertiary/aromatic N) is 1. The van der Waals surface area contributed by atoms with Crippen molar-refractivity contribution in [3.8, 4) is 0 Å². The second kappa shape index (κ2) is 10.4. The molecule has 0 aromatic rings. The van der Waals surface area contributed by atoms with E-state index in [0.29, 0.717) is 25.8 Å². The molecule has 1 fully saturated rings. The molecule has 1 amide bonds. The van der Waals surface area contributed by atoms with Crippen LogP contribution in [0.15, 0.2) is 0 Å². The van der Waals surface area contributed by atoms with Crippen LogP contribution in [0, 0.1) is 0 Å². The second-order valence-corrected chi connectivity index (χ2v) is 7.27.